The lowest BCUT2D eigenvalue weighted by Gasteiger charge is -2.21. The van der Waals surface area contributed by atoms with Crippen LogP contribution in [0.1, 0.15) is 23.7 Å². The first-order chi connectivity index (χ1) is 9.95. The van der Waals surface area contributed by atoms with Gasteiger partial charge in [-0.05, 0) is 18.6 Å². The fraction of sp³-hybridized carbons (Fsp3) is 0.357. The zero-order valence-electron chi connectivity index (χ0n) is 11.7. The number of thioether (sulfide) groups is 1. The molecule has 0 saturated carbocycles. The number of nitrogens with two attached hydrogens (primary N) is 1. The molecule has 0 heterocycles. The summed E-state index contributed by atoms with van der Waals surface area (Å²) in [6, 6.07) is 6.79. The van der Waals surface area contributed by atoms with Gasteiger partial charge in [-0.15, -0.1) is 11.8 Å². The van der Waals surface area contributed by atoms with E-state index in [2.05, 4.69) is 0 Å². The van der Waals surface area contributed by atoms with E-state index in [0.29, 0.717) is 23.4 Å². The van der Waals surface area contributed by atoms with E-state index in [1.165, 1.54) is 16.7 Å². The third kappa shape index (κ3) is 5.47. The summed E-state index contributed by atoms with van der Waals surface area (Å²) in [7, 11) is 0. The molecular formula is C14H18N2O4S. The highest BCUT2D eigenvalue weighted by molar-refractivity contribution is 8.00. The third-order valence-corrected chi connectivity index (χ3v) is 3.69. The molecule has 0 aliphatic carbocycles. The Kier molecular flexibility index (Phi) is 6.74. The Morgan fingerprint density at radius 3 is 2.52 bits per heavy atom. The Hall–Kier alpha value is -2.02. The third-order valence-electron chi connectivity index (χ3n) is 2.59. The van der Waals surface area contributed by atoms with Gasteiger partial charge < -0.3 is 15.7 Å². The van der Waals surface area contributed by atoms with Crippen molar-refractivity contribution in [3.8, 4) is 0 Å². The summed E-state index contributed by atoms with van der Waals surface area (Å²) < 4.78 is 0. The van der Waals surface area contributed by atoms with E-state index in [1.807, 2.05) is 6.92 Å². The van der Waals surface area contributed by atoms with E-state index in [9.17, 15) is 14.4 Å². The van der Waals surface area contributed by atoms with Crippen LogP contribution in [-0.4, -0.2) is 46.6 Å². The molecule has 21 heavy (non-hydrogen) atoms. The van der Waals surface area contributed by atoms with Crippen molar-refractivity contribution < 1.29 is 19.5 Å². The molecule has 0 aromatic heterocycles. The van der Waals surface area contributed by atoms with Gasteiger partial charge in [-0.2, -0.15) is 0 Å². The van der Waals surface area contributed by atoms with Gasteiger partial charge in [-0.25, -0.2) is 0 Å². The number of carboxylic acid groups (broad SMARTS) is 1. The molecule has 1 aromatic rings. The number of hydrogen-bond donors (Lipinski definition) is 2. The molecule has 114 valence electrons. The zero-order chi connectivity index (χ0) is 15.8. The average molecular weight is 310 g/mol. The molecule has 1 aromatic carbocycles. The minimum atomic E-state index is -1.06. The van der Waals surface area contributed by atoms with Crippen LogP contribution in [0.4, 0.5) is 0 Å². The second-order valence-corrected chi connectivity index (χ2v) is 5.39. The predicted octanol–water partition coefficient (Wildman–Crippen LogP) is 1.20. The Labute approximate surface area is 127 Å². The number of amides is 2. The second-order valence-electron chi connectivity index (χ2n) is 4.37. The van der Waals surface area contributed by atoms with E-state index in [0.717, 1.165) is 0 Å². The summed E-state index contributed by atoms with van der Waals surface area (Å²) in [5.41, 5.74) is 5.49. The van der Waals surface area contributed by atoms with Crippen LogP contribution >= 0.6 is 11.8 Å². The molecule has 0 saturated heterocycles. The number of carbonyl (C=O) groups is 3. The predicted molar refractivity (Wildman–Crippen MR) is 80.2 cm³/mol. The zero-order valence-corrected chi connectivity index (χ0v) is 12.6. The first-order valence-electron chi connectivity index (χ1n) is 6.47. The summed E-state index contributed by atoms with van der Waals surface area (Å²) >= 11 is 1.17. The molecule has 0 unspecified atom stereocenters. The quantitative estimate of drug-likeness (QED) is 0.703. The molecule has 0 radical (unpaired) electrons. The monoisotopic (exact) mass is 310 g/mol. The van der Waals surface area contributed by atoms with Gasteiger partial charge in [0.05, 0.1) is 11.3 Å². The number of nitrogens with zero attached hydrogens (tertiary/aromatic N) is 1. The molecule has 2 amide bonds. The van der Waals surface area contributed by atoms with Crippen molar-refractivity contribution in [1.82, 2.24) is 4.90 Å². The van der Waals surface area contributed by atoms with Crippen molar-refractivity contribution in [2.75, 3.05) is 18.8 Å². The van der Waals surface area contributed by atoms with Crippen molar-refractivity contribution in [2.45, 2.75) is 18.2 Å². The molecule has 0 spiro atoms. The van der Waals surface area contributed by atoms with Gasteiger partial charge in [0, 0.05) is 11.4 Å². The van der Waals surface area contributed by atoms with Crippen molar-refractivity contribution in [3.63, 3.8) is 0 Å². The SMILES string of the molecule is CCCN(CC(=O)O)C(=O)c1ccccc1SCC(N)=O. The van der Waals surface area contributed by atoms with Crippen LogP contribution in [0.3, 0.4) is 0 Å². The van der Waals surface area contributed by atoms with Gasteiger partial charge in [0.2, 0.25) is 5.91 Å². The van der Waals surface area contributed by atoms with E-state index in [4.69, 9.17) is 10.8 Å². The van der Waals surface area contributed by atoms with Gasteiger partial charge in [0.25, 0.3) is 5.91 Å². The molecule has 0 aliphatic heterocycles. The maximum absolute atomic E-state index is 12.5. The minimum Gasteiger partial charge on any atom is -0.480 e. The van der Waals surface area contributed by atoms with Crippen LogP contribution in [0.2, 0.25) is 0 Å². The molecule has 7 heteroatoms. The lowest BCUT2D eigenvalue weighted by Crippen LogP contribution is -2.36. The number of carboxylic acids is 1. The van der Waals surface area contributed by atoms with Gasteiger partial charge in [-0.1, -0.05) is 19.1 Å². The number of primary amides is 1. The number of hydrogen-bond acceptors (Lipinski definition) is 4. The maximum atomic E-state index is 12.5. The smallest absolute Gasteiger partial charge is 0.323 e. The first-order valence-corrected chi connectivity index (χ1v) is 7.45. The molecule has 0 aliphatic rings. The van der Waals surface area contributed by atoms with E-state index in [-0.39, 0.29) is 18.2 Å². The van der Waals surface area contributed by atoms with Crippen LogP contribution in [0, 0.1) is 0 Å². The molecule has 0 fully saturated rings. The van der Waals surface area contributed by atoms with Crippen LogP contribution in [0.25, 0.3) is 0 Å². The Morgan fingerprint density at radius 2 is 1.95 bits per heavy atom. The lowest BCUT2D eigenvalue weighted by atomic mass is 10.2. The number of aliphatic carboxylic acids is 1. The fourth-order valence-electron chi connectivity index (χ4n) is 1.77. The highest BCUT2D eigenvalue weighted by Gasteiger charge is 2.20. The van der Waals surface area contributed by atoms with Crippen LogP contribution in [0.15, 0.2) is 29.2 Å². The number of carbonyl (C=O) groups excluding carboxylic acids is 2. The molecule has 6 nitrogen and oxygen atoms in total. The molecular weight excluding hydrogens is 292 g/mol. The van der Waals surface area contributed by atoms with Gasteiger partial charge >= 0.3 is 5.97 Å². The Morgan fingerprint density at radius 1 is 1.29 bits per heavy atom. The molecule has 0 bridgehead atoms. The molecule has 1 rings (SSSR count). The number of rotatable bonds is 8. The van der Waals surface area contributed by atoms with Crippen LogP contribution in [-0.2, 0) is 9.59 Å². The summed E-state index contributed by atoms with van der Waals surface area (Å²) in [6.45, 7) is 1.89. The van der Waals surface area contributed by atoms with Gasteiger partial charge in [0.15, 0.2) is 0 Å². The van der Waals surface area contributed by atoms with Crippen molar-refractivity contribution >= 4 is 29.5 Å². The largest absolute Gasteiger partial charge is 0.480 e. The number of benzene rings is 1. The first kappa shape index (κ1) is 17.0. The van der Waals surface area contributed by atoms with Crippen molar-refractivity contribution in [3.05, 3.63) is 29.8 Å². The summed E-state index contributed by atoms with van der Waals surface area (Å²) in [5, 5.41) is 8.89. The summed E-state index contributed by atoms with van der Waals surface area (Å²) in [6.07, 6.45) is 0.662. The topological polar surface area (TPSA) is 101 Å². The fourth-order valence-corrected chi connectivity index (χ4v) is 2.56. The highest BCUT2D eigenvalue weighted by atomic mass is 32.2. The van der Waals surface area contributed by atoms with E-state index in [1.54, 1.807) is 24.3 Å². The normalized spacial score (nSPS) is 10.1. The Bertz CT molecular complexity index is 533. The van der Waals surface area contributed by atoms with Crippen molar-refractivity contribution in [1.29, 1.82) is 0 Å². The Balaban J connectivity index is 2.98. The average Bonchev–Trinajstić information content (AvgIpc) is 2.43. The second kappa shape index (κ2) is 8.31. The lowest BCUT2D eigenvalue weighted by molar-refractivity contribution is -0.137. The van der Waals surface area contributed by atoms with Crippen LogP contribution in [0.5, 0.6) is 0 Å². The highest BCUT2D eigenvalue weighted by Crippen LogP contribution is 2.23. The summed E-state index contributed by atoms with van der Waals surface area (Å²) in [5.74, 6) is -1.82. The molecule has 0 atom stereocenters. The minimum absolute atomic E-state index is 0.0665. The van der Waals surface area contributed by atoms with Crippen molar-refractivity contribution in [2.24, 2.45) is 5.73 Å². The van der Waals surface area contributed by atoms with E-state index < -0.39 is 11.9 Å². The standard InChI is InChI=1S/C14H18N2O4S/c1-2-7-16(8-13(18)19)14(20)10-5-3-4-6-11(10)21-9-12(15)17/h3-6H,2,7-9H2,1H3,(H2,15,17)(H,18,19). The van der Waals surface area contributed by atoms with E-state index >= 15 is 0 Å². The van der Waals surface area contributed by atoms with Gasteiger partial charge in [0.1, 0.15) is 6.54 Å². The van der Waals surface area contributed by atoms with Gasteiger partial charge in [-0.3, -0.25) is 14.4 Å². The maximum Gasteiger partial charge on any atom is 0.323 e. The molecule has 3 N–H and O–H groups in total. The summed E-state index contributed by atoms with van der Waals surface area (Å²) in [4.78, 5) is 36.1. The van der Waals surface area contributed by atoms with Crippen LogP contribution < -0.4 is 5.73 Å².